The Bertz CT molecular complexity index is 1220. The van der Waals surface area contributed by atoms with Gasteiger partial charge in [-0.15, -0.1) is 0 Å². The highest BCUT2D eigenvalue weighted by molar-refractivity contribution is 5.81. The van der Waals surface area contributed by atoms with Gasteiger partial charge in [-0.05, 0) is 79.1 Å². The van der Waals surface area contributed by atoms with Crippen LogP contribution >= 0.6 is 0 Å². The summed E-state index contributed by atoms with van der Waals surface area (Å²) in [4.78, 5) is 25.0. The predicted octanol–water partition coefficient (Wildman–Crippen LogP) is 3.78. The van der Waals surface area contributed by atoms with Crippen molar-refractivity contribution in [2.45, 2.75) is 38.1 Å². The van der Waals surface area contributed by atoms with Crippen LogP contribution in [0.2, 0.25) is 0 Å². The zero-order chi connectivity index (χ0) is 20.8. The lowest BCUT2D eigenvalue weighted by Crippen LogP contribution is -2.49. The summed E-state index contributed by atoms with van der Waals surface area (Å²) in [6, 6.07) is 13.2. The molecule has 1 aromatic carbocycles. The average molecular weight is 413 g/mol. The first-order valence-electron chi connectivity index (χ1n) is 11.5. The van der Waals surface area contributed by atoms with E-state index in [1.54, 1.807) is 17.3 Å². The third-order valence-electron chi connectivity index (χ3n) is 7.29. The second-order valence-electron chi connectivity index (χ2n) is 9.08. The predicted molar refractivity (Wildman–Crippen MR) is 126 cm³/mol. The van der Waals surface area contributed by atoms with Gasteiger partial charge in [0.2, 0.25) is 0 Å². The Balaban J connectivity index is 1.15. The van der Waals surface area contributed by atoms with Gasteiger partial charge in [0.15, 0.2) is 0 Å². The molecule has 2 aromatic heterocycles. The summed E-state index contributed by atoms with van der Waals surface area (Å²) in [5, 5.41) is 0.657. The first-order chi connectivity index (χ1) is 15.2. The van der Waals surface area contributed by atoms with Gasteiger partial charge in [-0.25, -0.2) is 0 Å². The average Bonchev–Trinajstić information content (AvgIpc) is 3.49. The smallest absolute Gasteiger partial charge is 0.257 e. The molecule has 2 aliphatic carbocycles. The molecule has 1 atom stereocenters. The van der Waals surface area contributed by atoms with Crippen molar-refractivity contribution in [3.05, 3.63) is 75.8 Å². The van der Waals surface area contributed by atoms with Crippen LogP contribution in [-0.4, -0.2) is 47.1 Å². The molecule has 3 heterocycles. The molecule has 3 aliphatic rings. The number of aromatic amines is 1. The molecule has 0 spiro atoms. The minimum absolute atomic E-state index is 0.0482. The van der Waals surface area contributed by atoms with Gasteiger partial charge in [0.25, 0.3) is 5.56 Å². The van der Waals surface area contributed by atoms with E-state index in [9.17, 15) is 4.79 Å². The standard InChI is InChI=1S/C26H28N4O/c31-26-23-5-2-10-27-25(23)17-24(28-26)20-7-9-22(16-20)30-13-11-29(12-14-30)21-8-6-18-3-1-4-19(18)15-21/h2,5-6,8,10,15-17,22H,1,3-4,7,9,11-14H2,(H,28,31)/t22-/m1/s1. The van der Waals surface area contributed by atoms with Crippen LogP contribution in [-0.2, 0) is 12.8 Å². The minimum Gasteiger partial charge on any atom is -0.369 e. The molecule has 0 bridgehead atoms. The van der Waals surface area contributed by atoms with Gasteiger partial charge in [-0.3, -0.25) is 14.7 Å². The number of pyridine rings is 2. The first kappa shape index (κ1) is 18.8. The van der Waals surface area contributed by atoms with Gasteiger partial charge in [0.05, 0.1) is 10.9 Å². The van der Waals surface area contributed by atoms with Crippen LogP contribution in [0.3, 0.4) is 0 Å². The maximum absolute atomic E-state index is 12.4. The van der Waals surface area contributed by atoms with Crippen molar-refractivity contribution in [2.75, 3.05) is 31.1 Å². The van der Waals surface area contributed by atoms with E-state index < -0.39 is 0 Å². The van der Waals surface area contributed by atoms with Gasteiger partial charge in [-0.1, -0.05) is 12.1 Å². The number of aryl methyl sites for hydroxylation is 2. The molecule has 31 heavy (non-hydrogen) atoms. The molecule has 6 rings (SSSR count). The van der Waals surface area contributed by atoms with Crippen molar-refractivity contribution in [2.24, 2.45) is 0 Å². The Labute approximate surface area is 182 Å². The summed E-state index contributed by atoms with van der Waals surface area (Å²) >= 11 is 0. The van der Waals surface area contributed by atoms with Crippen LogP contribution < -0.4 is 10.5 Å². The fourth-order valence-corrected chi connectivity index (χ4v) is 5.54. The molecule has 1 fully saturated rings. The maximum atomic E-state index is 12.4. The van der Waals surface area contributed by atoms with E-state index in [-0.39, 0.29) is 5.56 Å². The van der Waals surface area contributed by atoms with Gasteiger partial charge in [0, 0.05) is 49.8 Å². The monoisotopic (exact) mass is 412 g/mol. The molecular formula is C26H28N4O. The van der Waals surface area contributed by atoms with E-state index in [1.807, 2.05) is 18.2 Å². The number of nitrogens with one attached hydrogen (secondary N) is 1. The number of anilines is 1. The van der Waals surface area contributed by atoms with Crippen molar-refractivity contribution >= 4 is 22.2 Å². The Morgan fingerprint density at radius 3 is 2.74 bits per heavy atom. The molecule has 1 N–H and O–H groups in total. The molecule has 5 heteroatoms. The third-order valence-corrected chi connectivity index (χ3v) is 7.29. The number of benzene rings is 1. The fraction of sp³-hybridized carbons (Fsp3) is 0.385. The topological polar surface area (TPSA) is 52.2 Å². The Kier molecular flexibility index (Phi) is 4.64. The summed E-state index contributed by atoms with van der Waals surface area (Å²) in [5.74, 6) is 0. The fourth-order valence-electron chi connectivity index (χ4n) is 5.54. The molecular weight excluding hydrogens is 384 g/mol. The van der Waals surface area contributed by atoms with Gasteiger partial charge >= 0.3 is 0 Å². The minimum atomic E-state index is -0.0482. The van der Waals surface area contributed by atoms with Crippen LogP contribution in [0.25, 0.3) is 16.5 Å². The van der Waals surface area contributed by atoms with Crippen molar-refractivity contribution in [3.63, 3.8) is 0 Å². The molecule has 1 saturated heterocycles. The normalized spacial score (nSPS) is 21.5. The summed E-state index contributed by atoms with van der Waals surface area (Å²) in [7, 11) is 0. The van der Waals surface area contributed by atoms with Gasteiger partial charge in [-0.2, -0.15) is 0 Å². The molecule has 5 nitrogen and oxygen atoms in total. The second-order valence-corrected chi connectivity index (χ2v) is 9.08. The van der Waals surface area contributed by atoms with E-state index >= 15 is 0 Å². The molecule has 158 valence electrons. The number of allylic oxidation sites excluding steroid dienone is 1. The van der Waals surface area contributed by atoms with Gasteiger partial charge in [0.1, 0.15) is 0 Å². The van der Waals surface area contributed by atoms with Crippen LogP contribution in [0.4, 0.5) is 5.69 Å². The molecule has 1 aliphatic heterocycles. The Hall–Kier alpha value is -2.92. The quantitative estimate of drug-likeness (QED) is 0.711. The molecule has 0 amide bonds. The maximum Gasteiger partial charge on any atom is 0.257 e. The SMILES string of the molecule is O=c1[nH]c(C2=C[C@H](N3CCN(c4ccc5c(c4)CCC5)CC3)CC2)cc2ncccc12. The zero-order valence-electron chi connectivity index (χ0n) is 17.8. The second kappa shape index (κ2) is 7.65. The lowest BCUT2D eigenvalue weighted by atomic mass is 10.1. The van der Waals surface area contributed by atoms with Crippen LogP contribution in [0.15, 0.2) is 53.5 Å². The first-order valence-corrected chi connectivity index (χ1v) is 11.5. The number of piperazine rings is 1. The van der Waals surface area contributed by atoms with E-state index in [0.717, 1.165) is 50.2 Å². The summed E-state index contributed by atoms with van der Waals surface area (Å²) in [6.45, 7) is 4.33. The summed E-state index contributed by atoms with van der Waals surface area (Å²) < 4.78 is 0. The van der Waals surface area contributed by atoms with E-state index in [2.05, 4.69) is 44.0 Å². The van der Waals surface area contributed by atoms with E-state index in [1.165, 1.54) is 30.5 Å². The highest BCUT2D eigenvalue weighted by Crippen LogP contribution is 2.32. The number of aromatic nitrogens is 2. The number of rotatable bonds is 3. The number of H-pyrrole nitrogens is 1. The van der Waals surface area contributed by atoms with Crippen LogP contribution in [0.1, 0.15) is 36.1 Å². The van der Waals surface area contributed by atoms with Crippen molar-refractivity contribution in [1.29, 1.82) is 0 Å². The number of nitrogens with zero attached hydrogens (tertiary/aromatic N) is 3. The highest BCUT2D eigenvalue weighted by atomic mass is 16.1. The van der Waals surface area contributed by atoms with Crippen LogP contribution in [0.5, 0.6) is 0 Å². The molecule has 0 unspecified atom stereocenters. The highest BCUT2D eigenvalue weighted by Gasteiger charge is 2.27. The number of fused-ring (bicyclic) bond motifs is 2. The molecule has 0 saturated carbocycles. The van der Waals surface area contributed by atoms with Gasteiger partial charge < -0.3 is 9.88 Å². The van der Waals surface area contributed by atoms with E-state index in [0.29, 0.717) is 11.4 Å². The van der Waals surface area contributed by atoms with E-state index in [4.69, 9.17) is 0 Å². The number of hydrogen-bond acceptors (Lipinski definition) is 4. The molecule has 3 aromatic rings. The lowest BCUT2D eigenvalue weighted by molar-refractivity contribution is 0.214. The Morgan fingerprint density at radius 2 is 1.84 bits per heavy atom. The Morgan fingerprint density at radius 1 is 0.968 bits per heavy atom. The van der Waals surface area contributed by atoms with Crippen molar-refractivity contribution in [1.82, 2.24) is 14.9 Å². The zero-order valence-corrected chi connectivity index (χ0v) is 17.8. The van der Waals surface area contributed by atoms with Crippen molar-refractivity contribution < 1.29 is 0 Å². The number of hydrogen-bond donors (Lipinski definition) is 1. The lowest BCUT2D eigenvalue weighted by Gasteiger charge is -2.38. The van der Waals surface area contributed by atoms with Crippen molar-refractivity contribution in [3.8, 4) is 0 Å². The summed E-state index contributed by atoms with van der Waals surface area (Å²) in [5.41, 5.74) is 7.40. The summed E-state index contributed by atoms with van der Waals surface area (Å²) in [6.07, 6.45) is 10.0. The largest absolute Gasteiger partial charge is 0.369 e. The molecule has 0 radical (unpaired) electrons. The third kappa shape index (κ3) is 3.47. The van der Waals surface area contributed by atoms with Crippen LogP contribution in [0, 0.1) is 0 Å².